The van der Waals surface area contributed by atoms with E-state index in [9.17, 15) is 23.3 Å². The quantitative estimate of drug-likeness (QED) is 0.464. The highest BCUT2D eigenvalue weighted by molar-refractivity contribution is 6.17. The van der Waals surface area contributed by atoms with Gasteiger partial charge in [0.05, 0.1) is 11.4 Å². The lowest BCUT2D eigenvalue weighted by molar-refractivity contribution is -0.392. The van der Waals surface area contributed by atoms with Gasteiger partial charge in [0.1, 0.15) is 6.20 Å². The van der Waals surface area contributed by atoms with Crippen molar-refractivity contribution in [1.29, 1.82) is 0 Å². The minimum Gasteiger partial charge on any atom is -0.358 e. The molecule has 1 aromatic rings. The zero-order valence-corrected chi connectivity index (χ0v) is 7.84. The fourth-order valence-electron chi connectivity index (χ4n) is 0.996. The van der Waals surface area contributed by atoms with Gasteiger partial charge in [-0.1, -0.05) is 0 Å². The van der Waals surface area contributed by atoms with Crippen LogP contribution in [0.2, 0.25) is 0 Å². The van der Waals surface area contributed by atoms with Crippen LogP contribution in [0.15, 0.2) is 6.20 Å². The summed E-state index contributed by atoms with van der Waals surface area (Å²) in [5, 5.41) is 10.2. The first-order valence-corrected chi connectivity index (χ1v) is 4.18. The van der Waals surface area contributed by atoms with Gasteiger partial charge in [-0.15, -0.1) is 11.6 Å². The molecule has 0 radical (unpaired) electrons. The topological polar surface area (TPSA) is 56.0 Å². The third-order valence-corrected chi connectivity index (χ3v) is 1.94. The highest BCUT2D eigenvalue weighted by atomic mass is 35.5. The Balaban J connectivity index is 3.42. The molecule has 0 aromatic carbocycles. The lowest BCUT2D eigenvalue weighted by Crippen LogP contribution is -2.04. The number of halogens is 4. The van der Waals surface area contributed by atoms with E-state index < -0.39 is 28.5 Å². The molecule has 1 heterocycles. The van der Waals surface area contributed by atoms with Gasteiger partial charge in [-0.05, 0) is 9.91 Å². The molecule has 0 N–H and O–H groups in total. The molecule has 0 aliphatic heterocycles. The zero-order valence-electron chi connectivity index (χ0n) is 7.08. The summed E-state index contributed by atoms with van der Waals surface area (Å²) in [5.41, 5.74) is -1.32. The maximum absolute atomic E-state index is 13.2. The minimum atomic E-state index is -3.17. The van der Waals surface area contributed by atoms with Crippen molar-refractivity contribution in [2.75, 3.05) is 0 Å². The minimum absolute atomic E-state index is 0.255. The van der Waals surface area contributed by atoms with Gasteiger partial charge in [-0.25, -0.2) is 8.78 Å². The molecule has 0 aliphatic rings. The van der Waals surface area contributed by atoms with Crippen LogP contribution in [0.25, 0.3) is 0 Å². The van der Waals surface area contributed by atoms with Crippen LogP contribution in [-0.4, -0.2) is 9.91 Å². The van der Waals surface area contributed by atoms with Crippen LogP contribution in [-0.2, 0) is 5.88 Å². The Bertz CT molecular complexity index is 400. The van der Waals surface area contributed by atoms with Crippen LogP contribution in [0.1, 0.15) is 17.6 Å². The molecule has 0 aliphatic carbocycles. The fraction of sp³-hybridized carbons (Fsp3) is 0.286. The Kier molecular flexibility index (Phi) is 3.46. The Morgan fingerprint density at radius 2 is 2.20 bits per heavy atom. The van der Waals surface area contributed by atoms with Crippen molar-refractivity contribution in [3.05, 3.63) is 33.3 Å². The average Bonchev–Trinajstić information content (AvgIpc) is 2.15. The molecular weight excluding hydrogens is 237 g/mol. The predicted octanol–water partition coefficient (Wildman–Crippen LogP) is 2.81. The maximum atomic E-state index is 13.2. The fourth-order valence-corrected chi connectivity index (χ4v) is 1.21. The average molecular weight is 241 g/mol. The van der Waals surface area contributed by atoms with Gasteiger partial charge in [0.2, 0.25) is 5.82 Å². The predicted molar refractivity (Wildman–Crippen MR) is 45.4 cm³/mol. The largest absolute Gasteiger partial charge is 0.400 e. The SMILES string of the molecule is O=[N+]([O-])c1ncc(CCl)c(C(F)F)c1F. The molecule has 0 saturated heterocycles. The number of pyridine rings is 1. The number of hydrogen-bond donors (Lipinski definition) is 0. The van der Waals surface area contributed by atoms with Gasteiger partial charge in [0.15, 0.2) is 0 Å². The number of nitrogens with zero attached hydrogens (tertiary/aromatic N) is 2. The van der Waals surface area contributed by atoms with E-state index in [0.717, 1.165) is 6.20 Å². The van der Waals surface area contributed by atoms with Gasteiger partial charge in [0.25, 0.3) is 6.43 Å². The van der Waals surface area contributed by atoms with Crippen molar-refractivity contribution in [3.63, 3.8) is 0 Å². The van der Waals surface area contributed by atoms with E-state index in [4.69, 9.17) is 11.6 Å². The van der Waals surface area contributed by atoms with Gasteiger partial charge in [-0.3, -0.25) is 0 Å². The normalized spacial score (nSPS) is 10.7. The Labute approximate surface area is 86.8 Å². The van der Waals surface area contributed by atoms with Crippen LogP contribution in [0.3, 0.4) is 0 Å². The number of nitro groups is 1. The summed E-state index contributed by atoms with van der Waals surface area (Å²) < 4.78 is 37.9. The van der Waals surface area contributed by atoms with Crippen LogP contribution in [0.5, 0.6) is 0 Å². The van der Waals surface area contributed by atoms with Crippen molar-refractivity contribution < 1.29 is 18.1 Å². The van der Waals surface area contributed by atoms with Crippen molar-refractivity contribution in [2.24, 2.45) is 0 Å². The van der Waals surface area contributed by atoms with E-state index in [-0.39, 0.29) is 11.4 Å². The van der Waals surface area contributed by atoms with Gasteiger partial charge in [0, 0.05) is 5.56 Å². The molecule has 0 atom stereocenters. The second-order valence-corrected chi connectivity index (χ2v) is 2.79. The highest BCUT2D eigenvalue weighted by Crippen LogP contribution is 2.30. The summed E-state index contributed by atoms with van der Waals surface area (Å²) in [6.07, 6.45) is -2.39. The maximum Gasteiger partial charge on any atom is 0.400 e. The van der Waals surface area contributed by atoms with Gasteiger partial charge < -0.3 is 10.1 Å². The number of alkyl halides is 3. The molecule has 4 nitrogen and oxygen atoms in total. The molecule has 0 fully saturated rings. The third kappa shape index (κ3) is 2.17. The molecule has 0 saturated carbocycles. The highest BCUT2D eigenvalue weighted by Gasteiger charge is 2.28. The number of hydrogen-bond acceptors (Lipinski definition) is 3. The van der Waals surface area contributed by atoms with Gasteiger partial charge >= 0.3 is 5.82 Å². The molecule has 0 bridgehead atoms. The van der Waals surface area contributed by atoms with Crippen LogP contribution < -0.4 is 0 Å². The Hall–Kier alpha value is -1.37. The summed E-state index contributed by atoms with van der Waals surface area (Å²) in [6, 6.07) is 0. The first-order valence-electron chi connectivity index (χ1n) is 3.64. The number of aromatic nitrogens is 1. The molecule has 0 amide bonds. The van der Waals surface area contributed by atoms with Crippen molar-refractivity contribution >= 4 is 17.4 Å². The van der Waals surface area contributed by atoms with Crippen molar-refractivity contribution in [2.45, 2.75) is 12.3 Å². The molecule has 15 heavy (non-hydrogen) atoms. The first-order chi connectivity index (χ1) is 6.99. The monoisotopic (exact) mass is 240 g/mol. The van der Waals surface area contributed by atoms with Crippen LogP contribution in [0, 0.1) is 15.9 Å². The second kappa shape index (κ2) is 4.43. The van der Waals surface area contributed by atoms with E-state index in [1.807, 2.05) is 0 Å². The molecule has 1 rings (SSSR count). The van der Waals surface area contributed by atoms with Gasteiger partial charge in [-0.2, -0.15) is 4.39 Å². The summed E-state index contributed by atoms with van der Waals surface area (Å²) in [6.45, 7) is 0. The van der Waals surface area contributed by atoms with Crippen LogP contribution in [0.4, 0.5) is 19.0 Å². The number of rotatable bonds is 3. The van der Waals surface area contributed by atoms with E-state index in [1.165, 1.54) is 0 Å². The second-order valence-electron chi connectivity index (χ2n) is 2.53. The summed E-state index contributed by atoms with van der Waals surface area (Å²) >= 11 is 5.27. The molecule has 82 valence electrons. The summed E-state index contributed by atoms with van der Waals surface area (Å²) in [5.74, 6) is -3.24. The molecule has 0 spiro atoms. The summed E-state index contributed by atoms with van der Waals surface area (Å²) in [7, 11) is 0. The molecule has 8 heteroatoms. The Morgan fingerprint density at radius 3 is 2.60 bits per heavy atom. The molecule has 0 unspecified atom stereocenters. The smallest absolute Gasteiger partial charge is 0.358 e. The van der Waals surface area contributed by atoms with E-state index in [1.54, 1.807) is 0 Å². The van der Waals surface area contributed by atoms with Crippen molar-refractivity contribution in [1.82, 2.24) is 4.98 Å². The van der Waals surface area contributed by atoms with Crippen LogP contribution >= 0.6 is 11.6 Å². The third-order valence-electron chi connectivity index (χ3n) is 1.66. The van der Waals surface area contributed by atoms with E-state index in [2.05, 4.69) is 4.98 Å². The first kappa shape index (κ1) is 11.7. The van der Waals surface area contributed by atoms with E-state index in [0.29, 0.717) is 0 Å². The Morgan fingerprint density at radius 1 is 1.60 bits per heavy atom. The summed E-state index contributed by atoms with van der Waals surface area (Å²) in [4.78, 5) is 12.2. The van der Waals surface area contributed by atoms with Crippen molar-refractivity contribution in [3.8, 4) is 0 Å². The zero-order chi connectivity index (χ0) is 11.6. The molecule has 1 aromatic heterocycles. The lowest BCUT2D eigenvalue weighted by atomic mass is 10.1. The molecular formula is C7H4ClF3N2O2. The van der Waals surface area contributed by atoms with E-state index >= 15 is 0 Å². The lowest BCUT2D eigenvalue weighted by Gasteiger charge is -2.05. The standard InChI is InChI=1S/C7H4ClF3N2O2/c8-1-3-2-12-7(13(14)15)5(9)4(3)6(10)11/h2,6H,1H2.